The molecule has 0 saturated carbocycles. The molecule has 0 aliphatic heterocycles. The fourth-order valence-corrected chi connectivity index (χ4v) is 2.30. The molecule has 0 amide bonds. The molecule has 0 radical (unpaired) electrons. The van der Waals surface area contributed by atoms with Crippen molar-refractivity contribution in [3.8, 4) is 11.5 Å². The Kier molecular flexibility index (Phi) is 7.97. The largest absolute Gasteiger partial charge is 0.497 e. The Balaban J connectivity index is 0.00000220. The number of pyridine rings is 1. The lowest BCUT2D eigenvalue weighted by Crippen LogP contribution is -2.20. The van der Waals surface area contributed by atoms with Gasteiger partial charge in [-0.1, -0.05) is 6.07 Å². The smallest absolute Gasteiger partial charge is 0.119 e. The molecule has 0 saturated heterocycles. The summed E-state index contributed by atoms with van der Waals surface area (Å²) in [6.07, 6.45) is 1.20. The quantitative estimate of drug-likeness (QED) is 0.792. The summed E-state index contributed by atoms with van der Waals surface area (Å²) in [5.74, 6) is 2.05. The van der Waals surface area contributed by atoms with Crippen LogP contribution >= 0.6 is 24.2 Å². The normalized spacial score (nSPS) is 11.3. The zero-order valence-corrected chi connectivity index (χ0v) is 13.3. The molecule has 0 aliphatic carbocycles. The minimum absolute atomic E-state index is 0. The van der Waals surface area contributed by atoms with Crippen molar-refractivity contribution in [1.82, 2.24) is 4.98 Å². The molecule has 1 aromatic carbocycles. The van der Waals surface area contributed by atoms with Crippen molar-refractivity contribution in [2.45, 2.75) is 11.1 Å². The van der Waals surface area contributed by atoms with E-state index in [-0.39, 0.29) is 19.0 Å². The van der Waals surface area contributed by atoms with E-state index in [9.17, 15) is 5.11 Å². The molecule has 0 aliphatic rings. The van der Waals surface area contributed by atoms with Crippen molar-refractivity contribution in [2.24, 2.45) is 0 Å². The summed E-state index contributed by atoms with van der Waals surface area (Å²) in [5, 5.41) is 10.8. The Labute approximate surface area is 134 Å². The van der Waals surface area contributed by atoms with E-state index in [1.54, 1.807) is 13.3 Å². The number of nitrogens with zero attached hydrogens (tertiary/aromatic N) is 1. The lowest BCUT2D eigenvalue weighted by atomic mass is 10.3. The molecule has 0 spiro atoms. The van der Waals surface area contributed by atoms with E-state index in [0.29, 0.717) is 11.5 Å². The van der Waals surface area contributed by atoms with Gasteiger partial charge in [0.15, 0.2) is 0 Å². The third kappa shape index (κ3) is 6.25. The second-order valence-electron chi connectivity index (χ2n) is 4.12. The van der Waals surface area contributed by atoms with Gasteiger partial charge in [0, 0.05) is 11.9 Å². The number of ether oxygens (including phenoxy) is 2. The first-order valence-electron chi connectivity index (χ1n) is 6.26. The molecular weight excluding hydrogens is 310 g/mol. The van der Waals surface area contributed by atoms with Gasteiger partial charge in [0.05, 0.1) is 18.2 Å². The summed E-state index contributed by atoms with van der Waals surface area (Å²) >= 11 is 1.51. The molecule has 1 unspecified atom stereocenters. The fourth-order valence-electron chi connectivity index (χ4n) is 1.53. The van der Waals surface area contributed by atoms with Gasteiger partial charge in [-0.2, -0.15) is 0 Å². The predicted molar refractivity (Wildman–Crippen MR) is 86.7 cm³/mol. The van der Waals surface area contributed by atoms with Gasteiger partial charge in [-0.15, -0.1) is 24.2 Å². The van der Waals surface area contributed by atoms with Crippen LogP contribution in [0.25, 0.3) is 0 Å². The molecule has 0 fully saturated rings. The Bertz CT molecular complexity index is 510. The van der Waals surface area contributed by atoms with E-state index in [4.69, 9.17) is 9.47 Å². The minimum atomic E-state index is -0.538. The third-order valence-corrected chi connectivity index (χ3v) is 3.65. The standard InChI is InChI=1S/C15H17NO3S.ClH/c1-18-13-5-7-14(8-6-13)19-10-12(17)11-20-15-4-2-3-9-16-15;/h2-9,12,17H,10-11H2,1H3;1H. The minimum Gasteiger partial charge on any atom is -0.497 e. The Hall–Kier alpha value is -1.43. The highest BCUT2D eigenvalue weighted by molar-refractivity contribution is 7.99. The third-order valence-electron chi connectivity index (χ3n) is 2.56. The highest BCUT2D eigenvalue weighted by atomic mass is 35.5. The number of hydrogen-bond acceptors (Lipinski definition) is 5. The molecule has 0 bridgehead atoms. The second kappa shape index (κ2) is 9.50. The molecule has 2 aromatic rings. The van der Waals surface area contributed by atoms with Crippen molar-refractivity contribution in [3.63, 3.8) is 0 Å². The molecular formula is C15H18ClNO3S. The van der Waals surface area contributed by atoms with Gasteiger partial charge in [0.2, 0.25) is 0 Å². The Morgan fingerprint density at radius 1 is 1.14 bits per heavy atom. The molecule has 1 aromatic heterocycles. The van der Waals surface area contributed by atoms with Crippen LogP contribution in [0.5, 0.6) is 11.5 Å². The van der Waals surface area contributed by atoms with Gasteiger partial charge in [0.1, 0.15) is 18.1 Å². The maximum atomic E-state index is 9.87. The molecule has 114 valence electrons. The predicted octanol–water partition coefficient (Wildman–Crippen LogP) is 3.04. The number of thioether (sulfide) groups is 1. The summed E-state index contributed by atoms with van der Waals surface area (Å²) in [5.41, 5.74) is 0. The highest BCUT2D eigenvalue weighted by Crippen LogP contribution is 2.18. The van der Waals surface area contributed by atoms with E-state index >= 15 is 0 Å². The van der Waals surface area contributed by atoms with E-state index in [2.05, 4.69) is 4.98 Å². The molecule has 2 rings (SSSR count). The second-order valence-corrected chi connectivity index (χ2v) is 5.16. The molecule has 1 heterocycles. The Morgan fingerprint density at radius 3 is 2.48 bits per heavy atom. The van der Waals surface area contributed by atoms with E-state index < -0.39 is 6.10 Å². The lowest BCUT2D eigenvalue weighted by Gasteiger charge is -2.12. The van der Waals surface area contributed by atoms with Gasteiger partial charge in [-0.3, -0.25) is 0 Å². The van der Waals surface area contributed by atoms with Crippen molar-refractivity contribution in [1.29, 1.82) is 0 Å². The van der Waals surface area contributed by atoms with Crippen LogP contribution in [0.4, 0.5) is 0 Å². The number of hydrogen-bond donors (Lipinski definition) is 1. The number of rotatable bonds is 7. The van der Waals surface area contributed by atoms with Gasteiger partial charge >= 0.3 is 0 Å². The van der Waals surface area contributed by atoms with Gasteiger partial charge in [0.25, 0.3) is 0 Å². The van der Waals surface area contributed by atoms with Crippen LogP contribution in [0.15, 0.2) is 53.7 Å². The maximum absolute atomic E-state index is 9.87. The fraction of sp³-hybridized carbons (Fsp3) is 0.267. The first kappa shape index (κ1) is 17.6. The lowest BCUT2D eigenvalue weighted by molar-refractivity contribution is 0.126. The number of aromatic nitrogens is 1. The van der Waals surface area contributed by atoms with Gasteiger partial charge in [-0.25, -0.2) is 4.98 Å². The number of aliphatic hydroxyl groups excluding tert-OH is 1. The van der Waals surface area contributed by atoms with Crippen LogP contribution in [-0.4, -0.2) is 35.7 Å². The maximum Gasteiger partial charge on any atom is 0.119 e. The van der Waals surface area contributed by atoms with E-state index in [1.165, 1.54) is 11.8 Å². The van der Waals surface area contributed by atoms with Gasteiger partial charge < -0.3 is 14.6 Å². The van der Waals surface area contributed by atoms with Crippen molar-refractivity contribution >= 4 is 24.2 Å². The monoisotopic (exact) mass is 327 g/mol. The topological polar surface area (TPSA) is 51.6 Å². The molecule has 4 nitrogen and oxygen atoms in total. The average molecular weight is 328 g/mol. The first-order chi connectivity index (χ1) is 9.78. The summed E-state index contributed by atoms with van der Waals surface area (Å²) in [6.45, 7) is 0.256. The van der Waals surface area contributed by atoms with Crippen LogP contribution < -0.4 is 9.47 Å². The first-order valence-corrected chi connectivity index (χ1v) is 7.25. The SMILES string of the molecule is COc1ccc(OCC(O)CSc2ccccn2)cc1.Cl. The molecule has 6 heteroatoms. The molecule has 21 heavy (non-hydrogen) atoms. The zero-order valence-electron chi connectivity index (χ0n) is 11.6. The summed E-state index contributed by atoms with van der Waals surface area (Å²) < 4.78 is 10.6. The number of aliphatic hydroxyl groups is 1. The molecule has 1 atom stereocenters. The van der Waals surface area contributed by atoms with Crippen molar-refractivity contribution in [3.05, 3.63) is 48.7 Å². The van der Waals surface area contributed by atoms with Crippen LogP contribution in [0.3, 0.4) is 0 Å². The van der Waals surface area contributed by atoms with Crippen LogP contribution in [0.1, 0.15) is 0 Å². The van der Waals surface area contributed by atoms with Crippen molar-refractivity contribution < 1.29 is 14.6 Å². The highest BCUT2D eigenvalue weighted by Gasteiger charge is 2.07. The van der Waals surface area contributed by atoms with Crippen LogP contribution in [0, 0.1) is 0 Å². The molecule has 1 N–H and O–H groups in total. The van der Waals surface area contributed by atoms with Crippen molar-refractivity contribution in [2.75, 3.05) is 19.5 Å². The summed E-state index contributed by atoms with van der Waals surface area (Å²) in [7, 11) is 1.62. The Morgan fingerprint density at radius 2 is 1.86 bits per heavy atom. The van der Waals surface area contributed by atoms with Gasteiger partial charge in [-0.05, 0) is 36.4 Å². The summed E-state index contributed by atoms with van der Waals surface area (Å²) in [6, 6.07) is 13.0. The van der Waals surface area contributed by atoms with Crippen LogP contribution in [0.2, 0.25) is 0 Å². The van der Waals surface area contributed by atoms with Crippen LogP contribution in [-0.2, 0) is 0 Å². The summed E-state index contributed by atoms with van der Waals surface area (Å²) in [4.78, 5) is 4.19. The van der Waals surface area contributed by atoms with E-state index in [0.717, 1.165) is 10.8 Å². The average Bonchev–Trinajstić information content (AvgIpc) is 2.52. The zero-order chi connectivity index (χ0) is 14.2. The number of methoxy groups -OCH3 is 1. The number of benzene rings is 1. The van der Waals surface area contributed by atoms with E-state index in [1.807, 2.05) is 42.5 Å². The number of halogens is 1.